The summed E-state index contributed by atoms with van der Waals surface area (Å²) in [6.07, 6.45) is 3.23. The Morgan fingerprint density at radius 3 is 2.41 bits per heavy atom. The third-order valence-electron chi connectivity index (χ3n) is 3.75. The van der Waals surface area contributed by atoms with E-state index < -0.39 is 6.61 Å². The topological polar surface area (TPSA) is 51.5 Å². The van der Waals surface area contributed by atoms with Gasteiger partial charge in [0.05, 0.1) is 12.8 Å². The van der Waals surface area contributed by atoms with Crippen molar-refractivity contribution in [1.82, 2.24) is 5.32 Å². The summed E-state index contributed by atoms with van der Waals surface area (Å²) in [6.45, 7) is -2.62. The van der Waals surface area contributed by atoms with Gasteiger partial charge in [-0.15, -0.1) is 0 Å². The van der Waals surface area contributed by atoms with Crippen LogP contribution >= 0.6 is 0 Å². The molecule has 138 valence electrons. The minimum atomic E-state index is -2.88. The molecule has 0 saturated heterocycles. The molecular formula is C21H17F2NO3. The standard InChI is InChI=1S/C21H17F2NO3/c22-21(23)27-17-10-8-15(9-11-17)13-19(16-5-2-1-3-6-16)20(25)24-14-18-7-4-12-26-18/h1-13,21H,14H2,(H,24,25)/b19-13+. The molecule has 0 aliphatic carbocycles. The maximum atomic E-state index is 12.7. The monoisotopic (exact) mass is 369 g/mol. The number of benzene rings is 2. The first-order valence-corrected chi connectivity index (χ1v) is 8.24. The molecule has 3 rings (SSSR count). The molecule has 4 nitrogen and oxygen atoms in total. The van der Waals surface area contributed by atoms with Crippen molar-refractivity contribution in [1.29, 1.82) is 0 Å². The van der Waals surface area contributed by atoms with Crippen LogP contribution in [-0.2, 0) is 11.3 Å². The van der Waals surface area contributed by atoms with Crippen LogP contribution in [0.5, 0.6) is 5.75 Å². The van der Waals surface area contributed by atoms with Crippen LogP contribution in [0, 0.1) is 0 Å². The molecule has 1 heterocycles. The van der Waals surface area contributed by atoms with Gasteiger partial charge < -0.3 is 14.5 Å². The number of carbonyl (C=O) groups is 1. The number of halogens is 2. The van der Waals surface area contributed by atoms with Crippen LogP contribution in [0.2, 0.25) is 0 Å². The van der Waals surface area contributed by atoms with Gasteiger partial charge in [0.15, 0.2) is 0 Å². The second kappa shape index (κ2) is 8.80. The van der Waals surface area contributed by atoms with Gasteiger partial charge in [0.1, 0.15) is 11.5 Å². The Morgan fingerprint density at radius 1 is 1.04 bits per heavy atom. The maximum Gasteiger partial charge on any atom is 0.387 e. The summed E-state index contributed by atoms with van der Waals surface area (Å²) < 4.78 is 34.1. The summed E-state index contributed by atoms with van der Waals surface area (Å²) >= 11 is 0. The molecule has 0 aliphatic rings. The fourth-order valence-corrected chi connectivity index (χ4v) is 2.49. The number of hydrogen-bond acceptors (Lipinski definition) is 3. The van der Waals surface area contributed by atoms with E-state index in [1.165, 1.54) is 12.1 Å². The lowest BCUT2D eigenvalue weighted by molar-refractivity contribution is -0.115. The number of rotatable bonds is 7. The quantitative estimate of drug-likeness (QED) is 0.484. The minimum Gasteiger partial charge on any atom is -0.467 e. The van der Waals surface area contributed by atoms with Crippen molar-refractivity contribution < 1.29 is 22.7 Å². The van der Waals surface area contributed by atoms with Crippen molar-refractivity contribution in [2.45, 2.75) is 13.2 Å². The van der Waals surface area contributed by atoms with Crippen LogP contribution in [0.25, 0.3) is 11.6 Å². The minimum absolute atomic E-state index is 0.0608. The van der Waals surface area contributed by atoms with Gasteiger partial charge in [-0.2, -0.15) is 8.78 Å². The molecule has 0 saturated carbocycles. The van der Waals surface area contributed by atoms with Crippen molar-refractivity contribution in [3.63, 3.8) is 0 Å². The van der Waals surface area contributed by atoms with Crippen molar-refractivity contribution in [3.8, 4) is 5.75 Å². The molecule has 1 amide bonds. The number of carbonyl (C=O) groups excluding carboxylic acids is 1. The summed E-state index contributed by atoms with van der Waals surface area (Å²) in [5.41, 5.74) is 1.87. The van der Waals surface area contributed by atoms with E-state index in [0.29, 0.717) is 16.9 Å². The lowest BCUT2D eigenvalue weighted by Crippen LogP contribution is -2.23. The Morgan fingerprint density at radius 2 is 1.78 bits per heavy atom. The third-order valence-corrected chi connectivity index (χ3v) is 3.75. The van der Waals surface area contributed by atoms with E-state index in [1.807, 2.05) is 30.3 Å². The number of nitrogens with one attached hydrogen (secondary N) is 1. The van der Waals surface area contributed by atoms with Crippen LogP contribution < -0.4 is 10.1 Å². The average molecular weight is 369 g/mol. The number of alkyl halides is 2. The Kier molecular flexibility index (Phi) is 5.99. The SMILES string of the molecule is O=C(NCc1ccco1)/C(=C/c1ccc(OC(F)F)cc1)c1ccccc1. The lowest BCUT2D eigenvalue weighted by atomic mass is 10.0. The second-order valence-electron chi connectivity index (χ2n) is 5.63. The zero-order chi connectivity index (χ0) is 19.1. The average Bonchev–Trinajstić information content (AvgIpc) is 3.19. The molecule has 6 heteroatoms. The Hall–Kier alpha value is -3.41. The molecule has 27 heavy (non-hydrogen) atoms. The van der Waals surface area contributed by atoms with Crippen LogP contribution in [0.3, 0.4) is 0 Å². The predicted octanol–water partition coefficient (Wildman–Crippen LogP) is 4.74. The Balaban J connectivity index is 1.83. The van der Waals surface area contributed by atoms with Gasteiger partial charge in [-0.1, -0.05) is 42.5 Å². The molecule has 0 spiro atoms. The van der Waals surface area contributed by atoms with Gasteiger partial charge >= 0.3 is 6.61 Å². The molecule has 0 atom stereocenters. The van der Waals surface area contributed by atoms with E-state index >= 15 is 0 Å². The number of furan rings is 1. The Labute approximate surface area is 155 Å². The van der Waals surface area contributed by atoms with Gasteiger partial charge in [-0.3, -0.25) is 4.79 Å². The van der Waals surface area contributed by atoms with E-state index in [2.05, 4.69) is 10.1 Å². The normalized spacial score (nSPS) is 11.4. The van der Waals surface area contributed by atoms with Crippen LogP contribution in [0.4, 0.5) is 8.78 Å². The van der Waals surface area contributed by atoms with Crippen LogP contribution in [0.1, 0.15) is 16.9 Å². The first kappa shape index (κ1) is 18.4. The zero-order valence-electron chi connectivity index (χ0n) is 14.3. The highest BCUT2D eigenvalue weighted by Crippen LogP contribution is 2.21. The van der Waals surface area contributed by atoms with E-state index in [4.69, 9.17) is 4.42 Å². The first-order chi connectivity index (χ1) is 13.1. The largest absolute Gasteiger partial charge is 0.467 e. The van der Waals surface area contributed by atoms with Crippen LogP contribution in [-0.4, -0.2) is 12.5 Å². The van der Waals surface area contributed by atoms with Crippen molar-refractivity contribution in [3.05, 3.63) is 89.9 Å². The van der Waals surface area contributed by atoms with E-state index in [1.54, 1.807) is 36.6 Å². The molecule has 2 aromatic carbocycles. The molecule has 3 aromatic rings. The summed E-state index contributed by atoms with van der Waals surface area (Å²) in [6, 6.07) is 18.8. The van der Waals surface area contributed by atoms with Gasteiger partial charge in [0, 0.05) is 5.57 Å². The highest BCUT2D eigenvalue weighted by atomic mass is 19.3. The summed E-state index contributed by atoms with van der Waals surface area (Å²) in [5.74, 6) is 0.431. The fraction of sp³-hybridized carbons (Fsp3) is 0.0952. The summed E-state index contributed by atoms with van der Waals surface area (Å²) in [7, 11) is 0. The highest BCUT2D eigenvalue weighted by Gasteiger charge is 2.13. The molecular weight excluding hydrogens is 352 g/mol. The van der Waals surface area contributed by atoms with Crippen LogP contribution in [0.15, 0.2) is 77.4 Å². The predicted molar refractivity (Wildman–Crippen MR) is 97.9 cm³/mol. The van der Waals surface area contributed by atoms with Gasteiger partial charge in [-0.25, -0.2) is 0 Å². The summed E-state index contributed by atoms with van der Waals surface area (Å²) in [5, 5.41) is 2.82. The van der Waals surface area contributed by atoms with Gasteiger partial charge in [-0.05, 0) is 41.5 Å². The molecule has 0 unspecified atom stereocenters. The fourth-order valence-electron chi connectivity index (χ4n) is 2.49. The van der Waals surface area contributed by atoms with Gasteiger partial charge in [0.25, 0.3) is 5.91 Å². The smallest absolute Gasteiger partial charge is 0.387 e. The highest BCUT2D eigenvalue weighted by molar-refractivity contribution is 6.24. The molecule has 0 radical (unpaired) electrons. The number of amides is 1. The van der Waals surface area contributed by atoms with E-state index in [0.717, 1.165) is 5.56 Å². The van der Waals surface area contributed by atoms with E-state index in [9.17, 15) is 13.6 Å². The Bertz CT molecular complexity index is 889. The number of ether oxygens (including phenoxy) is 1. The lowest BCUT2D eigenvalue weighted by Gasteiger charge is -2.09. The zero-order valence-corrected chi connectivity index (χ0v) is 14.3. The summed E-state index contributed by atoms with van der Waals surface area (Å²) in [4.78, 5) is 12.7. The van der Waals surface area contributed by atoms with Crippen molar-refractivity contribution in [2.24, 2.45) is 0 Å². The maximum absolute atomic E-state index is 12.7. The second-order valence-corrected chi connectivity index (χ2v) is 5.63. The molecule has 1 N–H and O–H groups in total. The molecule has 1 aromatic heterocycles. The molecule has 0 fully saturated rings. The molecule has 0 bridgehead atoms. The van der Waals surface area contributed by atoms with Gasteiger partial charge in [0.2, 0.25) is 0 Å². The van der Waals surface area contributed by atoms with Crippen molar-refractivity contribution in [2.75, 3.05) is 0 Å². The first-order valence-electron chi connectivity index (χ1n) is 8.24. The van der Waals surface area contributed by atoms with E-state index in [-0.39, 0.29) is 18.2 Å². The molecule has 0 aliphatic heterocycles. The van der Waals surface area contributed by atoms with Crippen molar-refractivity contribution >= 4 is 17.6 Å². The number of hydrogen-bond donors (Lipinski definition) is 1. The third kappa shape index (κ3) is 5.28.